The second-order valence-electron chi connectivity index (χ2n) is 7.64. The van der Waals surface area contributed by atoms with Crippen LogP contribution in [-0.4, -0.2) is 36.3 Å². The summed E-state index contributed by atoms with van der Waals surface area (Å²) in [6, 6.07) is 9.25. The van der Waals surface area contributed by atoms with Crippen LogP contribution in [0, 0.1) is 0 Å². The normalized spacial score (nSPS) is 12.2. The molecule has 0 aliphatic heterocycles. The fourth-order valence-electron chi connectivity index (χ4n) is 3.29. The number of carbonyl (C=O) groups is 1. The number of amidine groups is 2. The van der Waals surface area contributed by atoms with Crippen molar-refractivity contribution in [3.8, 4) is 0 Å². The standard InChI is InChI=1S/C23H28N4O3.2ClH/c1-6-29-23(28)18-11-19-17(10-20(30-19)22(25)27-13(4)5)16-9-14(7-8-15(16)18)21(24)26-12(2)3;;/h7-13H,6H2,1-5H3,(H2,24,26)(H2,25,27);2*1H. The van der Waals surface area contributed by atoms with Gasteiger partial charge in [-0.1, -0.05) is 12.1 Å². The predicted molar refractivity (Wildman–Crippen MR) is 136 cm³/mol. The summed E-state index contributed by atoms with van der Waals surface area (Å²) < 4.78 is 11.2. The van der Waals surface area contributed by atoms with Gasteiger partial charge < -0.3 is 20.6 Å². The number of aliphatic imine (C=N–C) groups is 2. The molecule has 7 nitrogen and oxygen atoms in total. The van der Waals surface area contributed by atoms with Gasteiger partial charge in [-0.05, 0) is 63.6 Å². The molecule has 32 heavy (non-hydrogen) atoms. The first-order valence-electron chi connectivity index (χ1n) is 10.1. The van der Waals surface area contributed by atoms with Crippen molar-refractivity contribution in [2.45, 2.75) is 46.7 Å². The molecule has 0 saturated carbocycles. The number of furan rings is 1. The number of ether oxygens (including phenoxy) is 1. The van der Waals surface area contributed by atoms with Gasteiger partial charge in [-0.15, -0.1) is 24.8 Å². The van der Waals surface area contributed by atoms with E-state index < -0.39 is 5.97 Å². The molecule has 2 aromatic carbocycles. The van der Waals surface area contributed by atoms with E-state index in [0.29, 0.717) is 28.6 Å². The Morgan fingerprint density at radius 1 is 0.938 bits per heavy atom. The molecular weight excluding hydrogens is 451 g/mol. The number of benzene rings is 2. The molecule has 0 saturated heterocycles. The van der Waals surface area contributed by atoms with E-state index in [-0.39, 0.29) is 43.5 Å². The predicted octanol–water partition coefficient (Wildman–Crippen LogP) is 4.83. The van der Waals surface area contributed by atoms with Crippen molar-refractivity contribution in [1.29, 1.82) is 0 Å². The van der Waals surface area contributed by atoms with E-state index >= 15 is 0 Å². The van der Waals surface area contributed by atoms with Gasteiger partial charge in [0.2, 0.25) is 0 Å². The zero-order valence-electron chi connectivity index (χ0n) is 18.8. The third-order valence-electron chi connectivity index (χ3n) is 4.47. The second-order valence-corrected chi connectivity index (χ2v) is 7.64. The van der Waals surface area contributed by atoms with Crippen LogP contribution in [0.25, 0.3) is 21.7 Å². The van der Waals surface area contributed by atoms with Gasteiger partial charge in [-0.2, -0.15) is 0 Å². The lowest BCUT2D eigenvalue weighted by Gasteiger charge is -2.10. The average molecular weight is 481 g/mol. The summed E-state index contributed by atoms with van der Waals surface area (Å²) in [5.41, 5.74) is 14.0. The summed E-state index contributed by atoms with van der Waals surface area (Å²) in [7, 11) is 0. The molecule has 0 spiro atoms. The minimum absolute atomic E-state index is 0. The van der Waals surface area contributed by atoms with Crippen molar-refractivity contribution in [3.63, 3.8) is 0 Å². The summed E-state index contributed by atoms with van der Waals surface area (Å²) in [6.07, 6.45) is 0. The van der Waals surface area contributed by atoms with Crippen LogP contribution in [0.3, 0.4) is 0 Å². The van der Waals surface area contributed by atoms with Gasteiger partial charge in [-0.25, -0.2) is 4.79 Å². The van der Waals surface area contributed by atoms with Crippen LogP contribution < -0.4 is 11.5 Å². The van der Waals surface area contributed by atoms with E-state index in [9.17, 15) is 4.79 Å². The molecule has 1 heterocycles. The Morgan fingerprint density at radius 3 is 2.16 bits per heavy atom. The minimum atomic E-state index is -0.414. The molecule has 0 atom stereocenters. The van der Waals surface area contributed by atoms with Crippen LogP contribution in [0.15, 0.2) is 44.7 Å². The minimum Gasteiger partial charge on any atom is -0.462 e. The summed E-state index contributed by atoms with van der Waals surface area (Å²) >= 11 is 0. The second kappa shape index (κ2) is 11.2. The maximum absolute atomic E-state index is 12.6. The van der Waals surface area contributed by atoms with Gasteiger partial charge >= 0.3 is 5.97 Å². The van der Waals surface area contributed by atoms with Gasteiger partial charge in [-0.3, -0.25) is 9.98 Å². The molecule has 0 amide bonds. The van der Waals surface area contributed by atoms with E-state index in [4.69, 9.17) is 20.6 Å². The van der Waals surface area contributed by atoms with Crippen molar-refractivity contribution in [2.75, 3.05) is 6.61 Å². The maximum atomic E-state index is 12.6. The molecule has 0 fully saturated rings. The number of fused-ring (bicyclic) bond motifs is 3. The Morgan fingerprint density at radius 2 is 1.56 bits per heavy atom. The molecule has 0 aliphatic carbocycles. The third kappa shape index (κ3) is 5.72. The maximum Gasteiger partial charge on any atom is 0.338 e. The van der Waals surface area contributed by atoms with Crippen LogP contribution >= 0.6 is 24.8 Å². The molecule has 1 aromatic heterocycles. The quantitative estimate of drug-likeness (QED) is 0.297. The lowest BCUT2D eigenvalue weighted by molar-refractivity contribution is 0.0528. The van der Waals surface area contributed by atoms with Crippen LogP contribution in [0.2, 0.25) is 0 Å². The third-order valence-corrected chi connectivity index (χ3v) is 4.47. The topological polar surface area (TPSA) is 116 Å². The van der Waals surface area contributed by atoms with Crippen LogP contribution in [0.5, 0.6) is 0 Å². The van der Waals surface area contributed by atoms with E-state index in [0.717, 1.165) is 21.7 Å². The highest BCUT2D eigenvalue weighted by Crippen LogP contribution is 2.32. The summed E-state index contributed by atoms with van der Waals surface area (Å²) in [4.78, 5) is 21.4. The largest absolute Gasteiger partial charge is 0.462 e. The first kappa shape index (κ1) is 27.3. The first-order chi connectivity index (χ1) is 14.2. The van der Waals surface area contributed by atoms with Gasteiger partial charge in [0.25, 0.3) is 0 Å². The van der Waals surface area contributed by atoms with Crippen LogP contribution in [0.4, 0.5) is 0 Å². The number of nitrogens with two attached hydrogens (primary N) is 2. The van der Waals surface area contributed by atoms with E-state index in [1.165, 1.54) is 0 Å². The Bertz CT molecular complexity index is 1170. The molecule has 174 valence electrons. The van der Waals surface area contributed by atoms with E-state index in [1.807, 2.05) is 52.0 Å². The zero-order valence-corrected chi connectivity index (χ0v) is 20.5. The highest BCUT2D eigenvalue weighted by atomic mass is 35.5. The zero-order chi connectivity index (χ0) is 22.0. The number of hydrogen-bond acceptors (Lipinski definition) is 5. The smallest absolute Gasteiger partial charge is 0.338 e. The lowest BCUT2D eigenvalue weighted by Crippen LogP contribution is -2.15. The number of rotatable bonds is 6. The molecule has 9 heteroatoms. The summed E-state index contributed by atoms with van der Waals surface area (Å²) in [5.74, 6) is 0.785. The number of nitrogens with zero attached hydrogens (tertiary/aromatic N) is 2. The van der Waals surface area contributed by atoms with Crippen molar-refractivity contribution in [3.05, 3.63) is 47.2 Å². The Balaban J connectivity index is 0.00000256. The number of esters is 1. The highest BCUT2D eigenvalue weighted by Gasteiger charge is 2.19. The lowest BCUT2D eigenvalue weighted by atomic mass is 9.98. The van der Waals surface area contributed by atoms with Crippen molar-refractivity contribution < 1.29 is 13.9 Å². The molecule has 4 N–H and O–H groups in total. The van der Waals surface area contributed by atoms with E-state index in [2.05, 4.69) is 9.98 Å². The van der Waals surface area contributed by atoms with Gasteiger partial charge in [0.1, 0.15) is 11.4 Å². The Hall–Kier alpha value is -2.77. The fraction of sp³-hybridized carbons (Fsp3) is 0.348. The highest BCUT2D eigenvalue weighted by molar-refractivity contribution is 6.17. The summed E-state index contributed by atoms with van der Waals surface area (Å²) in [5, 5.41) is 2.37. The molecule has 0 aliphatic rings. The average Bonchev–Trinajstić information content (AvgIpc) is 3.10. The monoisotopic (exact) mass is 480 g/mol. The number of carbonyl (C=O) groups excluding carboxylic acids is 1. The molecule has 0 unspecified atom stereocenters. The van der Waals surface area contributed by atoms with Crippen LogP contribution in [0.1, 0.15) is 56.3 Å². The fourth-order valence-corrected chi connectivity index (χ4v) is 3.29. The molecule has 3 aromatic rings. The Kier molecular flexibility index (Phi) is 9.54. The van der Waals surface area contributed by atoms with Crippen molar-refractivity contribution >= 4 is 64.2 Å². The van der Waals surface area contributed by atoms with Gasteiger partial charge in [0, 0.05) is 23.0 Å². The SMILES string of the molecule is CCOC(=O)c1cc2oc(C(N)=NC(C)C)cc2c2cc(C(N)=NC(C)C)ccc12.Cl.Cl. The van der Waals surface area contributed by atoms with Crippen molar-refractivity contribution in [2.24, 2.45) is 21.5 Å². The van der Waals surface area contributed by atoms with Crippen LogP contribution in [-0.2, 0) is 4.74 Å². The first-order valence-corrected chi connectivity index (χ1v) is 10.1. The van der Waals surface area contributed by atoms with Crippen molar-refractivity contribution in [1.82, 2.24) is 0 Å². The molecule has 0 bridgehead atoms. The van der Waals surface area contributed by atoms with Gasteiger partial charge in [0.15, 0.2) is 11.6 Å². The molecule has 3 rings (SSSR count). The Labute approximate surface area is 200 Å². The molecule has 0 radical (unpaired) electrons. The van der Waals surface area contributed by atoms with E-state index in [1.54, 1.807) is 13.0 Å². The number of hydrogen-bond donors (Lipinski definition) is 2. The molecular formula is C23H30Cl2N4O3. The summed E-state index contributed by atoms with van der Waals surface area (Å²) in [6.45, 7) is 9.85. The number of halogens is 2. The van der Waals surface area contributed by atoms with Gasteiger partial charge in [0.05, 0.1) is 12.2 Å².